The maximum absolute atomic E-state index is 12.6. The number of para-hydroxylation sites is 1. The fourth-order valence-corrected chi connectivity index (χ4v) is 2.36. The first-order valence-corrected chi connectivity index (χ1v) is 7.83. The lowest BCUT2D eigenvalue weighted by molar-refractivity contribution is -0.385. The topological polar surface area (TPSA) is 72.7 Å². The number of ether oxygens (including phenoxy) is 1. The second-order valence-corrected chi connectivity index (χ2v) is 5.42. The molecular weight excluding hydrogens is 340 g/mol. The van der Waals surface area contributed by atoms with Crippen molar-refractivity contribution in [2.45, 2.75) is 26.8 Å². The predicted octanol–water partition coefficient (Wildman–Crippen LogP) is 3.24. The number of benzene rings is 1. The van der Waals surface area contributed by atoms with Gasteiger partial charge < -0.3 is 9.64 Å². The fraction of sp³-hybridized carbons (Fsp3) is 0.500. The van der Waals surface area contributed by atoms with Crippen molar-refractivity contribution in [3.8, 4) is 5.75 Å². The van der Waals surface area contributed by atoms with Crippen molar-refractivity contribution in [3.05, 3.63) is 33.9 Å². The Bertz CT molecular complexity index is 520. The van der Waals surface area contributed by atoms with E-state index in [4.69, 9.17) is 4.74 Å². The Morgan fingerprint density at radius 3 is 2.62 bits per heavy atom. The first-order valence-electron chi connectivity index (χ1n) is 6.71. The molecule has 0 saturated carbocycles. The number of amides is 1. The summed E-state index contributed by atoms with van der Waals surface area (Å²) >= 11 is 3.31. The number of nitro groups is 1. The van der Waals surface area contributed by atoms with Crippen LogP contribution in [0.15, 0.2) is 18.2 Å². The minimum absolute atomic E-state index is 0.0104. The lowest BCUT2D eigenvalue weighted by Gasteiger charge is -2.26. The average molecular weight is 359 g/mol. The number of carbonyl (C=O) groups is 1. The monoisotopic (exact) mass is 358 g/mol. The van der Waals surface area contributed by atoms with Gasteiger partial charge in [-0.3, -0.25) is 14.9 Å². The van der Waals surface area contributed by atoms with Crippen LogP contribution in [0.4, 0.5) is 5.69 Å². The van der Waals surface area contributed by atoms with E-state index < -0.39 is 4.92 Å². The van der Waals surface area contributed by atoms with Crippen LogP contribution in [-0.4, -0.2) is 40.3 Å². The van der Waals surface area contributed by atoms with Gasteiger partial charge in [-0.1, -0.05) is 22.0 Å². The van der Waals surface area contributed by atoms with E-state index in [9.17, 15) is 14.9 Å². The molecule has 0 aliphatic rings. The summed E-state index contributed by atoms with van der Waals surface area (Å²) < 4.78 is 5.36. The van der Waals surface area contributed by atoms with Gasteiger partial charge in [0.1, 0.15) is 0 Å². The van der Waals surface area contributed by atoms with Gasteiger partial charge in [0.25, 0.3) is 5.91 Å². The summed E-state index contributed by atoms with van der Waals surface area (Å²) in [6, 6.07) is 4.39. The van der Waals surface area contributed by atoms with Crippen molar-refractivity contribution in [2.24, 2.45) is 0 Å². The number of alkyl halides is 1. The first-order chi connectivity index (χ1) is 9.93. The zero-order valence-corrected chi connectivity index (χ0v) is 13.9. The predicted molar refractivity (Wildman–Crippen MR) is 84.2 cm³/mol. The maximum Gasteiger partial charge on any atom is 0.311 e. The van der Waals surface area contributed by atoms with Crippen molar-refractivity contribution < 1.29 is 14.5 Å². The Labute approximate surface area is 132 Å². The quantitative estimate of drug-likeness (QED) is 0.426. The molecule has 0 aliphatic heterocycles. The number of rotatable bonds is 7. The van der Waals surface area contributed by atoms with E-state index in [2.05, 4.69) is 15.9 Å². The third-order valence-corrected chi connectivity index (χ3v) is 3.27. The van der Waals surface area contributed by atoms with E-state index in [-0.39, 0.29) is 35.6 Å². The van der Waals surface area contributed by atoms with E-state index in [1.54, 1.807) is 17.9 Å². The number of hydrogen-bond donors (Lipinski definition) is 0. The van der Waals surface area contributed by atoms with Gasteiger partial charge in [0.15, 0.2) is 0 Å². The fourth-order valence-electron chi connectivity index (χ4n) is 1.97. The van der Waals surface area contributed by atoms with E-state index in [0.29, 0.717) is 11.9 Å². The van der Waals surface area contributed by atoms with E-state index in [0.717, 1.165) is 0 Å². The largest absolute Gasteiger partial charge is 0.487 e. The molecule has 0 fully saturated rings. The van der Waals surface area contributed by atoms with Gasteiger partial charge in [0.2, 0.25) is 5.75 Å². The molecule has 116 valence electrons. The number of carbonyl (C=O) groups excluding carboxylic acids is 1. The number of nitrogens with zero attached hydrogens (tertiary/aromatic N) is 2. The number of halogens is 1. The Balaban J connectivity index is 3.30. The van der Waals surface area contributed by atoms with Gasteiger partial charge in [0, 0.05) is 24.0 Å². The van der Waals surface area contributed by atoms with Crippen LogP contribution in [0.1, 0.15) is 31.1 Å². The minimum atomic E-state index is -0.536. The van der Waals surface area contributed by atoms with Crippen molar-refractivity contribution in [1.82, 2.24) is 4.90 Å². The number of nitro benzene ring substituents is 1. The van der Waals surface area contributed by atoms with Crippen LogP contribution < -0.4 is 4.74 Å². The molecule has 7 heteroatoms. The molecule has 0 saturated heterocycles. The molecule has 1 aromatic carbocycles. The molecule has 0 heterocycles. The summed E-state index contributed by atoms with van der Waals surface area (Å²) in [5, 5.41) is 11.7. The molecule has 0 N–H and O–H groups in total. The van der Waals surface area contributed by atoms with Crippen LogP contribution >= 0.6 is 15.9 Å². The van der Waals surface area contributed by atoms with E-state index in [1.165, 1.54) is 12.1 Å². The highest BCUT2D eigenvalue weighted by molar-refractivity contribution is 9.09. The van der Waals surface area contributed by atoms with Crippen LogP contribution in [0, 0.1) is 10.1 Å². The third-order valence-electron chi connectivity index (χ3n) is 2.92. The Morgan fingerprint density at radius 1 is 1.48 bits per heavy atom. The molecule has 21 heavy (non-hydrogen) atoms. The highest BCUT2D eigenvalue weighted by Crippen LogP contribution is 2.32. The number of hydrogen-bond acceptors (Lipinski definition) is 4. The SMILES string of the molecule is CCOc1c(C(=O)N(CCBr)C(C)C)cccc1[N+](=O)[O-]. The second-order valence-electron chi connectivity index (χ2n) is 4.63. The molecule has 1 aromatic rings. The normalized spacial score (nSPS) is 10.5. The average Bonchev–Trinajstić information content (AvgIpc) is 2.44. The minimum Gasteiger partial charge on any atom is -0.487 e. The molecule has 6 nitrogen and oxygen atoms in total. The molecule has 0 bridgehead atoms. The molecule has 0 aliphatic carbocycles. The molecule has 0 unspecified atom stereocenters. The van der Waals surface area contributed by atoms with Crippen LogP contribution in [-0.2, 0) is 0 Å². The Hall–Kier alpha value is -1.63. The van der Waals surface area contributed by atoms with Crippen molar-refractivity contribution in [3.63, 3.8) is 0 Å². The van der Waals surface area contributed by atoms with E-state index in [1.807, 2.05) is 13.8 Å². The van der Waals surface area contributed by atoms with Crippen molar-refractivity contribution in [1.29, 1.82) is 0 Å². The summed E-state index contributed by atoms with van der Waals surface area (Å²) in [4.78, 5) is 24.9. The molecule has 1 rings (SSSR count). The highest BCUT2D eigenvalue weighted by atomic mass is 79.9. The summed E-state index contributed by atoms with van der Waals surface area (Å²) in [7, 11) is 0. The molecular formula is C14H19BrN2O4. The molecule has 0 radical (unpaired) electrons. The summed E-state index contributed by atoms with van der Waals surface area (Å²) in [6.07, 6.45) is 0. The summed E-state index contributed by atoms with van der Waals surface area (Å²) in [5.41, 5.74) is 0.0333. The first kappa shape index (κ1) is 17.4. The molecule has 0 spiro atoms. The van der Waals surface area contributed by atoms with Gasteiger partial charge in [-0.2, -0.15) is 0 Å². The van der Waals surface area contributed by atoms with Gasteiger partial charge >= 0.3 is 5.69 Å². The third kappa shape index (κ3) is 4.17. The van der Waals surface area contributed by atoms with Crippen LogP contribution in [0.2, 0.25) is 0 Å². The standard InChI is InChI=1S/C14H19BrN2O4/c1-4-21-13-11(6-5-7-12(13)17(19)20)14(18)16(9-8-15)10(2)3/h5-7,10H,4,8-9H2,1-3H3. The van der Waals surface area contributed by atoms with Crippen molar-refractivity contribution >= 4 is 27.5 Å². The Kier molecular flexibility index (Phi) is 6.61. The maximum atomic E-state index is 12.6. The Morgan fingerprint density at radius 2 is 2.14 bits per heavy atom. The van der Waals surface area contributed by atoms with Gasteiger partial charge in [-0.05, 0) is 26.8 Å². The van der Waals surface area contributed by atoms with Crippen LogP contribution in [0.25, 0.3) is 0 Å². The second kappa shape index (κ2) is 7.97. The van der Waals surface area contributed by atoms with Gasteiger partial charge in [-0.15, -0.1) is 0 Å². The lowest BCUT2D eigenvalue weighted by Crippen LogP contribution is -2.38. The molecule has 0 aromatic heterocycles. The highest BCUT2D eigenvalue weighted by Gasteiger charge is 2.27. The van der Waals surface area contributed by atoms with Gasteiger partial charge in [-0.25, -0.2) is 0 Å². The zero-order chi connectivity index (χ0) is 16.0. The van der Waals surface area contributed by atoms with E-state index >= 15 is 0 Å². The van der Waals surface area contributed by atoms with Crippen LogP contribution in [0.3, 0.4) is 0 Å². The summed E-state index contributed by atoms with van der Waals surface area (Å²) in [5.74, 6) is -0.230. The van der Waals surface area contributed by atoms with Crippen LogP contribution in [0.5, 0.6) is 5.75 Å². The summed E-state index contributed by atoms with van der Waals surface area (Å²) in [6.45, 7) is 6.30. The molecule has 0 atom stereocenters. The smallest absolute Gasteiger partial charge is 0.311 e. The van der Waals surface area contributed by atoms with Crippen molar-refractivity contribution in [2.75, 3.05) is 18.5 Å². The zero-order valence-electron chi connectivity index (χ0n) is 12.3. The lowest BCUT2D eigenvalue weighted by atomic mass is 10.1. The molecule has 1 amide bonds. The van der Waals surface area contributed by atoms with Gasteiger partial charge in [0.05, 0.1) is 17.1 Å².